The van der Waals surface area contributed by atoms with Crippen LogP contribution in [0.2, 0.25) is 0 Å². The van der Waals surface area contributed by atoms with Crippen molar-refractivity contribution >= 4 is 5.78 Å². The molecule has 0 aliphatic carbocycles. The number of rotatable bonds is 2. The normalized spacial score (nSPS) is 10.6. The molecular formula is C13H6F4O3. The Labute approximate surface area is 109 Å². The van der Waals surface area contributed by atoms with Crippen LogP contribution in [0.25, 0.3) is 0 Å². The summed E-state index contributed by atoms with van der Waals surface area (Å²) in [4.78, 5) is 11.8. The molecule has 20 heavy (non-hydrogen) atoms. The lowest BCUT2D eigenvalue weighted by atomic mass is 10.0. The summed E-state index contributed by atoms with van der Waals surface area (Å²) in [5.74, 6) is -8.96. The standard InChI is InChI=1S/C13H6F4O3/c14-7-1-5(18)2-8(15)11(7)13(20)12-9(16)3-6(19)4-10(12)17/h1-4,18-19H. The predicted octanol–water partition coefficient (Wildman–Crippen LogP) is 2.89. The Morgan fingerprint density at radius 1 is 0.700 bits per heavy atom. The van der Waals surface area contributed by atoms with Gasteiger partial charge < -0.3 is 10.2 Å². The van der Waals surface area contributed by atoms with E-state index in [4.69, 9.17) is 10.2 Å². The summed E-state index contributed by atoms with van der Waals surface area (Å²) in [6.07, 6.45) is 0. The third kappa shape index (κ3) is 2.29. The second kappa shape index (κ2) is 4.84. The molecule has 0 saturated heterocycles. The lowest BCUT2D eigenvalue weighted by Gasteiger charge is -2.07. The number of hydrogen-bond acceptors (Lipinski definition) is 3. The van der Waals surface area contributed by atoms with Gasteiger partial charge in [0.25, 0.3) is 0 Å². The van der Waals surface area contributed by atoms with E-state index in [0.29, 0.717) is 24.3 Å². The van der Waals surface area contributed by atoms with E-state index in [1.54, 1.807) is 0 Å². The number of aromatic hydroxyl groups is 2. The molecule has 104 valence electrons. The average Bonchev–Trinajstić information content (AvgIpc) is 2.25. The SMILES string of the molecule is O=C(c1c(F)cc(O)cc1F)c1c(F)cc(O)cc1F. The first kappa shape index (κ1) is 13.9. The van der Waals surface area contributed by atoms with E-state index in [9.17, 15) is 22.4 Å². The third-order valence-corrected chi connectivity index (χ3v) is 2.51. The van der Waals surface area contributed by atoms with Gasteiger partial charge >= 0.3 is 0 Å². The van der Waals surface area contributed by atoms with Crippen molar-refractivity contribution in [3.8, 4) is 11.5 Å². The molecule has 0 aliphatic rings. The zero-order valence-electron chi connectivity index (χ0n) is 9.62. The number of benzene rings is 2. The fourth-order valence-corrected chi connectivity index (χ4v) is 1.68. The number of hydrogen-bond donors (Lipinski definition) is 2. The Bertz CT molecular complexity index is 607. The monoisotopic (exact) mass is 286 g/mol. The van der Waals surface area contributed by atoms with Crippen LogP contribution in [0.1, 0.15) is 15.9 Å². The topological polar surface area (TPSA) is 57.5 Å². The van der Waals surface area contributed by atoms with E-state index in [1.807, 2.05) is 0 Å². The minimum absolute atomic E-state index is 0.437. The van der Waals surface area contributed by atoms with E-state index < -0.39 is 51.7 Å². The molecule has 3 nitrogen and oxygen atoms in total. The Kier molecular flexibility index (Phi) is 3.35. The van der Waals surface area contributed by atoms with Gasteiger partial charge in [-0.2, -0.15) is 0 Å². The average molecular weight is 286 g/mol. The molecule has 0 atom stereocenters. The Hall–Kier alpha value is -2.57. The van der Waals surface area contributed by atoms with Gasteiger partial charge in [-0.15, -0.1) is 0 Å². The maximum Gasteiger partial charge on any atom is 0.204 e. The summed E-state index contributed by atoms with van der Waals surface area (Å²) in [5, 5.41) is 17.9. The molecule has 0 spiro atoms. The molecule has 0 aliphatic heterocycles. The van der Waals surface area contributed by atoms with Gasteiger partial charge in [-0.1, -0.05) is 0 Å². The van der Waals surface area contributed by atoms with E-state index in [0.717, 1.165) is 0 Å². The van der Waals surface area contributed by atoms with Crippen molar-refractivity contribution in [1.82, 2.24) is 0 Å². The van der Waals surface area contributed by atoms with Crippen LogP contribution >= 0.6 is 0 Å². The first-order chi connectivity index (χ1) is 9.31. The lowest BCUT2D eigenvalue weighted by Crippen LogP contribution is -2.11. The summed E-state index contributed by atoms with van der Waals surface area (Å²) >= 11 is 0. The van der Waals surface area contributed by atoms with E-state index >= 15 is 0 Å². The first-order valence-corrected chi connectivity index (χ1v) is 5.22. The molecule has 2 N–H and O–H groups in total. The van der Waals surface area contributed by atoms with E-state index in [-0.39, 0.29) is 0 Å². The summed E-state index contributed by atoms with van der Waals surface area (Å²) in [6, 6.07) is 1.75. The highest BCUT2D eigenvalue weighted by molar-refractivity contribution is 6.09. The number of halogens is 4. The van der Waals surface area contributed by atoms with Crippen LogP contribution in [0, 0.1) is 23.3 Å². The van der Waals surface area contributed by atoms with Crippen molar-refractivity contribution < 1.29 is 32.6 Å². The van der Waals surface area contributed by atoms with Crippen LogP contribution in [0.15, 0.2) is 24.3 Å². The van der Waals surface area contributed by atoms with Gasteiger partial charge in [-0.25, -0.2) is 17.6 Å². The van der Waals surface area contributed by atoms with Crippen LogP contribution in [-0.2, 0) is 0 Å². The molecular weight excluding hydrogens is 280 g/mol. The van der Waals surface area contributed by atoms with Gasteiger partial charge in [-0.05, 0) is 0 Å². The summed E-state index contributed by atoms with van der Waals surface area (Å²) < 4.78 is 53.9. The number of phenolic OH excluding ortho intramolecular Hbond substituents is 2. The van der Waals surface area contributed by atoms with Crippen molar-refractivity contribution in [3.63, 3.8) is 0 Å². The molecule has 0 saturated carbocycles. The highest BCUT2D eigenvalue weighted by atomic mass is 19.1. The van der Waals surface area contributed by atoms with Gasteiger partial charge in [-0.3, -0.25) is 4.79 Å². The largest absolute Gasteiger partial charge is 0.508 e. The van der Waals surface area contributed by atoms with Crippen molar-refractivity contribution in [1.29, 1.82) is 0 Å². The van der Waals surface area contributed by atoms with Crippen molar-refractivity contribution in [2.75, 3.05) is 0 Å². The van der Waals surface area contributed by atoms with Crippen LogP contribution < -0.4 is 0 Å². The third-order valence-electron chi connectivity index (χ3n) is 2.51. The smallest absolute Gasteiger partial charge is 0.204 e. The van der Waals surface area contributed by atoms with Crippen LogP contribution in [0.4, 0.5) is 17.6 Å². The molecule has 7 heteroatoms. The first-order valence-electron chi connectivity index (χ1n) is 5.22. The number of carbonyl (C=O) groups excluding carboxylic acids is 1. The number of carbonyl (C=O) groups is 1. The minimum atomic E-state index is -1.57. The van der Waals surface area contributed by atoms with Gasteiger partial charge in [0.2, 0.25) is 5.78 Å². The van der Waals surface area contributed by atoms with Gasteiger partial charge in [0.1, 0.15) is 34.8 Å². The zero-order chi connectivity index (χ0) is 15.0. The molecule has 0 unspecified atom stereocenters. The molecule has 0 radical (unpaired) electrons. The van der Waals surface area contributed by atoms with Crippen LogP contribution in [0.3, 0.4) is 0 Å². The molecule has 2 aromatic carbocycles. The van der Waals surface area contributed by atoms with Crippen LogP contribution in [0.5, 0.6) is 11.5 Å². The maximum atomic E-state index is 13.5. The van der Waals surface area contributed by atoms with Crippen molar-refractivity contribution in [2.24, 2.45) is 0 Å². The van der Waals surface area contributed by atoms with E-state index in [1.165, 1.54) is 0 Å². The van der Waals surface area contributed by atoms with Gasteiger partial charge in [0.05, 0.1) is 11.1 Å². The lowest BCUT2D eigenvalue weighted by molar-refractivity contribution is 0.102. The minimum Gasteiger partial charge on any atom is -0.508 e. The Morgan fingerprint density at radius 2 is 0.950 bits per heavy atom. The highest BCUT2D eigenvalue weighted by Crippen LogP contribution is 2.26. The van der Waals surface area contributed by atoms with Crippen molar-refractivity contribution in [3.05, 3.63) is 58.7 Å². The molecule has 0 heterocycles. The Balaban J connectivity index is 2.64. The molecule has 0 aromatic heterocycles. The van der Waals surface area contributed by atoms with Crippen molar-refractivity contribution in [2.45, 2.75) is 0 Å². The van der Waals surface area contributed by atoms with Gasteiger partial charge in [0, 0.05) is 24.3 Å². The molecule has 0 bridgehead atoms. The fourth-order valence-electron chi connectivity index (χ4n) is 1.68. The van der Waals surface area contributed by atoms with Gasteiger partial charge in [0.15, 0.2) is 0 Å². The molecule has 0 fully saturated rings. The van der Waals surface area contributed by atoms with E-state index in [2.05, 4.69) is 0 Å². The second-order valence-electron chi connectivity index (χ2n) is 3.90. The number of phenols is 2. The second-order valence-corrected chi connectivity index (χ2v) is 3.90. The molecule has 2 rings (SSSR count). The highest BCUT2D eigenvalue weighted by Gasteiger charge is 2.26. The summed E-state index contributed by atoms with van der Waals surface area (Å²) in [6.45, 7) is 0. The van der Waals surface area contributed by atoms with Crippen LogP contribution in [-0.4, -0.2) is 16.0 Å². The molecule has 0 amide bonds. The fraction of sp³-hybridized carbons (Fsp3) is 0. The maximum absolute atomic E-state index is 13.5. The number of ketones is 1. The summed E-state index contributed by atoms with van der Waals surface area (Å²) in [5.41, 5.74) is -2.41. The summed E-state index contributed by atoms with van der Waals surface area (Å²) in [7, 11) is 0. The molecule has 2 aromatic rings. The predicted molar refractivity (Wildman–Crippen MR) is 59.5 cm³/mol. The quantitative estimate of drug-likeness (QED) is 0.659. The zero-order valence-corrected chi connectivity index (χ0v) is 9.62. The Morgan fingerprint density at radius 3 is 1.20 bits per heavy atom.